The predicted octanol–water partition coefficient (Wildman–Crippen LogP) is 4.67. The van der Waals surface area contributed by atoms with Gasteiger partial charge in [-0.25, -0.2) is 4.39 Å². The molecule has 7 heteroatoms. The van der Waals surface area contributed by atoms with Crippen molar-refractivity contribution in [2.45, 2.75) is 19.1 Å². The summed E-state index contributed by atoms with van der Waals surface area (Å²) in [6.07, 6.45) is 1.04. The van der Waals surface area contributed by atoms with Gasteiger partial charge < -0.3 is 19.9 Å². The number of hydrogen-bond acceptors (Lipinski definition) is 5. The van der Waals surface area contributed by atoms with Crippen LogP contribution in [0.2, 0.25) is 0 Å². The SMILES string of the molecule is CN(C)C1CCN(c2ccc(NC(=O)c3ccc(COc4ccccc4C#N)cc3)c(F)c2)C1. The second-order valence-electron chi connectivity index (χ2n) is 8.56. The Hall–Kier alpha value is -3.89. The van der Waals surface area contributed by atoms with Crippen LogP contribution in [0.3, 0.4) is 0 Å². The van der Waals surface area contributed by atoms with Crippen LogP contribution in [0.15, 0.2) is 66.7 Å². The summed E-state index contributed by atoms with van der Waals surface area (Å²) in [5.41, 5.74) is 2.70. The lowest BCUT2D eigenvalue weighted by molar-refractivity contribution is 0.102. The number of halogens is 1. The number of carbonyl (C=O) groups is 1. The van der Waals surface area contributed by atoms with E-state index in [9.17, 15) is 9.18 Å². The molecule has 1 aliphatic heterocycles. The van der Waals surface area contributed by atoms with Crippen molar-refractivity contribution in [3.8, 4) is 11.8 Å². The number of para-hydroxylation sites is 1. The molecular weight excluding hydrogens is 431 g/mol. The molecule has 1 amide bonds. The van der Waals surface area contributed by atoms with Crippen molar-refractivity contribution < 1.29 is 13.9 Å². The van der Waals surface area contributed by atoms with Gasteiger partial charge in [-0.2, -0.15) is 5.26 Å². The molecule has 174 valence electrons. The molecule has 0 aliphatic carbocycles. The van der Waals surface area contributed by atoms with E-state index in [4.69, 9.17) is 10.00 Å². The number of hydrogen-bond donors (Lipinski definition) is 1. The zero-order chi connectivity index (χ0) is 24.1. The van der Waals surface area contributed by atoms with E-state index in [2.05, 4.69) is 35.3 Å². The molecule has 0 radical (unpaired) electrons. The highest BCUT2D eigenvalue weighted by Crippen LogP contribution is 2.26. The Morgan fingerprint density at radius 2 is 1.94 bits per heavy atom. The van der Waals surface area contributed by atoms with E-state index in [1.165, 1.54) is 6.07 Å². The van der Waals surface area contributed by atoms with Gasteiger partial charge in [0, 0.05) is 30.4 Å². The van der Waals surface area contributed by atoms with Crippen molar-refractivity contribution >= 4 is 17.3 Å². The van der Waals surface area contributed by atoms with Crippen LogP contribution in [-0.4, -0.2) is 44.0 Å². The van der Waals surface area contributed by atoms with Crippen molar-refractivity contribution in [2.75, 3.05) is 37.4 Å². The van der Waals surface area contributed by atoms with Crippen LogP contribution in [0.5, 0.6) is 5.75 Å². The summed E-state index contributed by atoms with van der Waals surface area (Å²) in [6.45, 7) is 2.00. The number of ether oxygens (including phenoxy) is 1. The van der Waals surface area contributed by atoms with Crippen molar-refractivity contribution in [1.29, 1.82) is 5.26 Å². The van der Waals surface area contributed by atoms with E-state index >= 15 is 0 Å². The summed E-state index contributed by atoms with van der Waals surface area (Å²) in [5, 5.41) is 11.8. The molecule has 4 rings (SSSR count). The van der Waals surface area contributed by atoms with Crippen LogP contribution in [0.4, 0.5) is 15.8 Å². The molecule has 0 spiro atoms. The van der Waals surface area contributed by atoms with Crippen LogP contribution in [0, 0.1) is 17.1 Å². The maximum Gasteiger partial charge on any atom is 0.255 e. The van der Waals surface area contributed by atoms with Crippen LogP contribution in [0.1, 0.15) is 27.9 Å². The van der Waals surface area contributed by atoms with E-state index in [1.54, 1.807) is 54.6 Å². The van der Waals surface area contributed by atoms with Gasteiger partial charge in [0.15, 0.2) is 0 Å². The Morgan fingerprint density at radius 1 is 1.18 bits per heavy atom. The first kappa shape index (κ1) is 23.3. The molecule has 1 N–H and O–H groups in total. The second-order valence-corrected chi connectivity index (χ2v) is 8.56. The summed E-state index contributed by atoms with van der Waals surface area (Å²) in [4.78, 5) is 17.0. The Balaban J connectivity index is 1.36. The number of nitrogens with zero attached hydrogens (tertiary/aromatic N) is 3. The molecule has 0 bridgehead atoms. The highest BCUT2D eigenvalue weighted by Gasteiger charge is 2.24. The van der Waals surface area contributed by atoms with Crippen LogP contribution in [-0.2, 0) is 6.61 Å². The minimum atomic E-state index is -0.458. The smallest absolute Gasteiger partial charge is 0.255 e. The van der Waals surface area contributed by atoms with Gasteiger partial charge in [0.1, 0.15) is 24.2 Å². The van der Waals surface area contributed by atoms with Crippen molar-refractivity contribution in [3.63, 3.8) is 0 Å². The standard InChI is InChI=1S/C27H27FN4O2/c1-31(2)23-13-14-32(17-23)22-11-12-25(24(28)15-22)30-27(33)20-9-7-19(8-10-20)18-34-26-6-4-3-5-21(26)16-29/h3-12,15,23H,13-14,17-18H2,1-2H3,(H,30,33). The molecule has 1 heterocycles. The lowest BCUT2D eigenvalue weighted by Gasteiger charge is -2.22. The Labute approximate surface area is 199 Å². The molecular formula is C27H27FN4O2. The minimum absolute atomic E-state index is 0.151. The molecule has 1 fully saturated rings. The summed E-state index contributed by atoms with van der Waals surface area (Å²) >= 11 is 0. The number of anilines is 2. The van der Waals surface area contributed by atoms with Crippen molar-refractivity contribution in [2.24, 2.45) is 0 Å². The predicted molar refractivity (Wildman–Crippen MR) is 131 cm³/mol. The van der Waals surface area contributed by atoms with Gasteiger partial charge in [-0.15, -0.1) is 0 Å². The van der Waals surface area contributed by atoms with Crippen molar-refractivity contribution in [3.05, 3.63) is 89.2 Å². The molecule has 34 heavy (non-hydrogen) atoms. The highest BCUT2D eigenvalue weighted by molar-refractivity contribution is 6.04. The number of likely N-dealkylation sites (N-methyl/N-ethyl adjacent to an activating group) is 1. The number of carbonyl (C=O) groups excluding carboxylic acids is 1. The first-order chi connectivity index (χ1) is 16.4. The topological polar surface area (TPSA) is 68.6 Å². The first-order valence-electron chi connectivity index (χ1n) is 11.2. The quantitative estimate of drug-likeness (QED) is 0.557. The molecule has 0 aromatic heterocycles. The first-order valence-corrected chi connectivity index (χ1v) is 11.2. The zero-order valence-electron chi connectivity index (χ0n) is 19.3. The van der Waals surface area contributed by atoms with Gasteiger partial charge in [0.25, 0.3) is 5.91 Å². The van der Waals surface area contributed by atoms with Crippen LogP contribution in [0.25, 0.3) is 0 Å². The third-order valence-electron chi connectivity index (χ3n) is 6.08. The van der Waals surface area contributed by atoms with Gasteiger partial charge in [-0.05, 0) is 68.5 Å². The number of amides is 1. The molecule has 1 atom stereocenters. The fraction of sp³-hybridized carbons (Fsp3) is 0.259. The lowest BCUT2D eigenvalue weighted by atomic mass is 10.1. The average molecular weight is 459 g/mol. The maximum atomic E-state index is 14.7. The number of benzene rings is 3. The fourth-order valence-electron chi connectivity index (χ4n) is 3.99. The molecule has 6 nitrogen and oxygen atoms in total. The summed E-state index contributed by atoms with van der Waals surface area (Å²) in [5.74, 6) is -0.333. The molecule has 3 aromatic carbocycles. The third kappa shape index (κ3) is 5.36. The van der Waals surface area contributed by atoms with E-state index < -0.39 is 5.82 Å². The summed E-state index contributed by atoms with van der Waals surface area (Å²) in [7, 11) is 4.11. The monoisotopic (exact) mass is 458 g/mol. The number of rotatable bonds is 7. The number of nitrogens with one attached hydrogen (secondary N) is 1. The maximum absolute atomic E-state index is 14.7. The van der Waals surface area contributed by atoms with Crippen LogP contribution >= 0.6 is 0 Å². The normalized spacial score (nSPS) is 15.3. The zero-order valence-corrected chi connectivity index (χ0v) is 19.3. The average Bonchev–Trinajstić information content (AvgIpc) is 3.35. The molecule has 3 aromatic rings. The van der Waals surface area contributed by atoms with E-state index in [0.717, 1.165) is 30.8 Å². The van der Waals surface area contributed by atoms with E-state index in [-0.39, 0.29) is 18.2 Å². The summed E-state index contributed by atoms with van der Waals surface area (Å²) < 4.78 is 20.5. The fourth-order valence-corrected chi connectivity index (χ4v) is 3.99. The van der Waals surface area contributed by atoms with E-state index in [0.29, 0.717) is 22.9 Å². The second kappa shape index (κ2) is 10.4. The largest absolute Gasteiger partial charge is 0.488 e. The van der Waals surface area contributed by atoms with Gasteiger partial charge in [-0.3, -0.25) is 4.79 Å². The molecule has 1 unspecified atom stereocenters. The minimum Gasteiger partial charge on any atom is -0.488 e. The van der Waals surface area contributed by atoms with Crippen LogP contribution < -0.4 is 15.0 Å². The van der Waals surface area contributed by atoms with E-state index in [1.807, 2.05) is 6.07 Å². The summed E-state index contributed by atoms with van der Waals surface area (Å²) in [6, 6.07) is 21.4. The Morgan fingerprint density at radius 3 is 2.62 bits per heavy atom. The van der Waals surface area contributed by atoms with Gasteiger partial charge in [-0.1, -0.05) is 24.3 Å². The third-order valence-corrected chi connectivity index (χ3v) is 6.08. The Kier molecular flexibility index (Phi) is 7.09. The highest BCUT2D eigenvalue weighted by atomic mass is 19.1. The molecule has 1 saturated heterocycles. The molecule has 1 aliphatic rings. The van der Waals surface area contributed by atoms with Crippen molar-refractivity contribution in [1.82, 2.24) is 4.90 Å². The van der Waals surface area contributed by atoms with Gasteiger partial charge in [0.2, 0.25) is 0 Å². The van der Waals surface area contributed by atoms with Gasteiger partial charge >= 0.3 is 0 Å². The number of nitriles is 1. The Bertz CT molecular complexity index is 1200. The lowest BCUT2D eigenvalue weighted by Crippen LogP contribution is -2.31. The molecule has 0 saturated carbocycles. The van der Waals surface area contributed by atoms with Gasteiger partial charge in [0.05, 0.1) is 11.3 Å².